The minimum Gasteiger partial charge on any atom is -0.308 e. The fraction of sp³-hybridized carbons (Fsp3) is 0.962. The zero-order valence-electron chi connectivity index (χ0n) is 21.1. The number of hydrazone groups is 1. The molecule has 4 saturated carbocycles. The number of nitrogens with zero attached hydrogens (tertiary/aromatic N) is 1. The minimum absolute atomic E-state index is 0.610. The third kappa shape index (κ3) is 4.32. The summed E-state index contributed by atoms with van der Waals surface area (Å²) in [4.78, 5) is 3.75. The van der Waals surface area contributed by atoms with Crippen molar-refractivity contribution in [2.24, 2.45) is 57.3 Å². The van der Waals surface area contributed by atoms with Crippen molar-refractivity contribution in [3.63, 3.8) is 0 Å². The van der Waals surface area contributed by atoms with Gasteiger partial charge in [-0.3, -0.25) is 5.43 Å². The van der Waals surface area contributed by atoms with E-state index >= 15 is 0 Å². The number of nitrogens with two attached hydrogens (primary N) is 1. The van der Waals surface area contributed by atoms with E-state index < -0.39 is 0 Å². The summed E-state index contributed by atoms with van der Waals surface area (Å²) in [5.41, 5.74) is 10.1. The molecule has 0 spiro atoms. The van der Waals surface area contributed by atoms with Crippen molar-refractivity contribution in [1.29, 1.82) is 0 Å². The van der Waals surface area contributed by atoms with Crippen LogP contribution in [0.3, 0.4) is 0 Å². The van der Waals surface area contributed by atoms with Crippen molar-refractivity contribution in [1.82, 2.24) is 16.5 Å². The molecule has 32 heavy (non-hydrogen) atoms. The standard InChI is InChI=1S/C25H44N4.CH5NO/c1-4-17-16-19-21-12-11-18(8-7-10-23-26-28-29-27-23)24(21,2)15-13-22(19)25(3)14-6-5-9-20(17)25;1-3-2/h17-22,28-29H,4-16H2,1-3H3,(H,26,27);2H2,1H3/t17-,18?,19?,20?,21?,22-,24?,25?;/m0./s1. The van der Waals surface area contributed by atoms with E-state index in [1.54, 1.807) is 6.42 Å². The molecule has 8 atom stereocenters. The predicted molar refractivity (Wildman–Crippen MR) is 131 cm³/mol. The molecule has 4 aliphatic carbocycles. The fourth-order valence-corrected chi connectivity index (χ4v) is 9.46. The maximum atomic E-state index is 4.35. The second-order valence-electron chi connectivity index (χ2n) is 12.0. The summed E-state index contributed by atoms with van der Waals surface area (Å²) < 4.78 is 0. The quantitative estimate of drug-likeness (QED) is 0.431. The van der Waals surface area contributed by atoms with Crippen LogP contribution in [-0.2, 0) is 4.84 Å². The second-order valence-corrected chi connectivity index (χ2v) is 12.0. The van der Waals surface area contributed by atoms with E-state index in [0.717, 1.165) is 47.8 Å². The smallest absolute Gasteiger partial charge is 0.139 e. The topological polar surface area (TPSA) is 83.7 Å². The molecule has 0 saturated heterocycles. The van der Waals surface area contributed by atoms with Crippen LogP contribution in [0.25, 0.3) is 0 Å². The van der Waals surface area contributed by atoms with E-state index in [4.69, 9.17) is 0 Å². The fourth-order valence-electron chi connectivity index (χ4n) is 9.46. The maximum absolute atomic E-state index is 4.35. The summed E-state index contributed by atoms with van der Waals surface area (Å²) >= 11 is 0. The Balaban J connectivity index is 0.000000775. The molecule has 5 N–H and O–H groups in total. The molecule has 184 valence electrons. The number of nitrogens with one attached hydrogen (secondary N) is 3. The summed E-state index contributed by atoms with van der Waals surface area (Å²) in [7, 11) is 1.40. The third-order valence-electron chi connectivity index (χ3n) is 10.9. The Labute approximate surface area is 196 Å². The third-order valence-corrected chi connectivity index (χ3v) is 10.9. The lowest BCUT2D eigenvalue weighted by Gasteiger charge is -2.62. The van der Waals surface area contributed by atoms with Gasteiger partial charge < -0.3 is 4.84 Å². The lowest BCUT2D eigenvalue weighted by Crippen LogP contribution is -2.55. The van der Waals surface area contributed by atoms with Crippen LogP contribution < -0.4 is 22.4 Å². The van der Waals surface area contributed by atoms with Crippen molar-refractivity contribution < 1.29 is 4.84 Å². The van der Waals surface area contributed by atoms with Crippen LogP contribution in [0.2, 0.25) is 0 Å². The molecule has 6 unspecified atom stereocenters. The molecular weight excluding hydrogens is 398 g/mol. The van der Waals surface area contributed by atoms with Gasteiger partial charge in [-0.25, -0.2) is 11.4 Å². The maximum Gasteiger partial charge on any atom is 0.139 e. The van der Waals surface area contributed by atoms with E-state index in [2.05, 4.69) is 53.1 Å². The van der Waals surface area contributed by atoms with Gasteiger partial charge in [-0.15, -0.1) is 10.6 Å². The van der Waals surface area contributed by atoms with Crippen LogP contribution in [0, 0.1) is 46.3 Å². The van der Waals surface area contributed by atoms with Gasteiger partial charge in [-0.05, 0) is 104 Å². The summed E-state index contributed by atoms with van der Waals surface area (Å²) in [6, 6.07) is 0. The highest BCUT2D eigenvalue weighted by Crippen LogP contribution is 2.69. The molecule has 0 amide bonds. The Bertz CT molecular complexity index is 656. The molecule has 5 aliphatic rings. The molecule has 0 aromatic rings. The Kier molecular flexibility index (Phi) is 7.73. The first-order chi connectivity index (χ1) is 15.5. The molecule has 6 nitrogen and oxygen atoms in total. The molecule has 4 fully saturated rings. The first-order valence-electron chi connectivity index (χ1n) is 13.5. The van der Waals surface area contributed by atoms with Gasteiger partial charge in [0.25, 0.3) is 0 Å². The normalized spacial score (nSPS) is 44.7. The average Bonchev–Trinajstić information content (AvgIpc) is 3.41. The predicted octanol–water partition coefficient (Wildman–Crippen LogP) is 5.27. The van der Waals surface area contributed by atoms with E-state index in [1.807, 2.05) is 0 Å². The first-order valence-corrected chi connectivity index (χ1v) is 13.5. The van der Waals surface area contributed by atoms with Crippen LogP contribution in [0.1, 0.15) is 104 Å². The van der Waals surface area contributed by atoms with Gasteiger partial charge in [0.05, 0.1) is 7.11 Å². The second kappa shape index (κ2) is 10.2. The molecule has 0 aromatic carbocycles. The highest BCUT2D eigenvalue weighted by molar-refractivity contribution is 5.82. The van der Waals surface area contributed by atoms with Crippen molar-refractivity contribution in [3.8, 4) is 0 Å². The molecule has 5 rings (SSSR count). The largest absolute Gasteiger partial charge is 0.308 e. The van der Waals surface area contributed by atoms with Gasteiger partial charge >= 0.3 is 0 Å². The van der Waals surface area contributed by atoms with E-state index in [1.165, 1.54) is 77.7 Å². The lowest BCUT2D eigenvalue weighted by atomic mass is 9.42. The van der Waals surface area contributed by atoms with Gasteiger partial charge in [-0.1, -0.05) is 40.0 Å². The minimum atomic E-state index is 0.610. The van der Waals surface area contributed by atoms with Crippen molar-refractivity contribution in [3.05, 3.63) is 0 Å². The molecule has 1 aliphatic heterocycles. The van der Waals surface area contributed by atoms with E-state index in [9.17, 15) is 0 Å². The summed E-state index contributed by atoms with van der Waals surface area (Å²) in [5, 5.41) is 4.26. The number of hydrazine groups is 2. The van der Waals surface area contributed by atoms with Gasteiger partial charge in [0, 0.05) is 6.42 Å². The van der Waals surface area contributed by atoms with Crippen molar-refractivity contribution in [2.45, 2.75) is 104 Å². The number of fused-ring (bicyclic) bond motifs is 5. The van der Waals surface area contributed by atoms with Crippen LogP contribution in [0.15, 0.2) is 5.10 Å². The van der Waals surface area contributed by atoms with Gasteiger partial charge in [0.15, 0.2) is 0 Å². The van der Waals surface area contributed by atoms with Crippen LogP contribution in [0.5, 0.6) is 0 Å². The van der Waals surface area contributed by atoms with Crippen LogP contribution >= 0.6 is 0 Å². The number of rotatable bonds is 5. The molecule has 1 heterocycles. The molecule has 0 radical (unpaired) electrons. The molecule has 0 aromatic heterocycles. The average molecular weight is 448 g/mol. The monoisotopic (exact) mass is 447 g/mol. The Morgan fingerprint density at radius 3 is 2.53 bits per heavy atom. The molecule has 6 heteroatoms. The number of hydrogen-bond acceptors (Lipinski definition) is 6. The van der Waals surface area contributed by atoms with Gasteiger partial charge in [0.1, 0.15) is 5.84 Å². The summed E-state index contributed by atoms with van der Waals surface area (Å²) in [6.07, 6.45) is 18.8. The number of amidine groups is 1. The van der Waals surface area contributed by atoms with Crippen LogP contribution in [0.4, 0.5) is 0 Å². The van der Waals surface area contributed by atoms with Crippen molar-refractivity contribution in [2.75, 3.05) is 7.11 Å². The molecular formula is C26H49N5O. The zero-order chi connectivity index (χ0) is 22.8. The Morgan fingerprint density at radius 1 is 1.03 bits per heavy atom. The zero-order valence-corrected chi connectivity index (χ0v) is 21.1. The first kappa shape index (κ1) is 24.3. The van der Waals surface area contributed by atoms with Gasteiger partial charge in [-0.2, -0.15) is 0 Å². The Hall–Kier alpha value is -0.850. The summed E-state index contributed by atoms with van der Waals surface area (Å²) in [6.45, 7) is 7.93. The van der Waals surface area contributed by atoms with E-state index in [-0.39, 0.29) is 0 Å². The highest BCUT2D eigenvalue weighted by atomic mass is 16.6. The lowest BCUT2D eigenvalue weighted by molar-refractivity contribution is -0.135. The van der Waals surface area contributed by atoms with E-state index in [0.29, 0.717) is 10.8 Å². The summed E-state index contributed by atoms with van der Waals surface area (Å²) in [5.74, 6) is 11.5. The van der Waals surface area contributed by atoms with Crippen molar-refractivity contribution >= 4 is 5.84 Å². The van der Waals surface area contributed by atoms with Crippen LogP contribution in [-0.4, -0.2) is 12.9 Å². The molecule has 0 bridgehead atoms. The Morgan fingerprint density at radius 2 is 1.81 bits per heavy atom. The number of hydrogen-bond donors (Lipinski definition) is 4. The van der Waals surface area contributed by atoms with Gasteiger partial charge in [0.2, 0.25) is 0 Å². The highest BCUT2D eigenvalue weighted by Gasteiger charge is 2.60. The SMILES string of the molecule is CC[C@H]1CC2C3CCC(CCCC4=NNNN4)C3(C)CC[C@@H]2C2(C)CCCCC12.CON.